The van der Waals surface area contributed by atoms with E-state index in [1.54, 1.807) is 6.92 Å². The Labute approximate surface area is 103 Å². The van der Waals surface area contributed by atoms with Crippen LogP contribution in [0.5, 0.6) is 0 Å². The summed E-state index contributed by atoms with van der Waals surface area (Å²) >= 11 is 0. The van der Waals surface area contributed by atoms with E-state index in [4.69, 9.17) is 5.11 Å². The van der Waals surface area contributed by atoms with E-state index in [-0.39, 0.29) is 19.2 Å². The highest BCUT2D eigenvalue weighted by atomic mass is 19.4. The minimum absolute atomic E-state index is 0.0697. The van der Waals surface area contributed by atoms with Crippen LogP contribution in [0.25, 0.3) is 0 Å². The molecule has 1 unspecified atom stereocenters. The molecule has 0 saturated heterocycles. The van der Waals surface area contributed by atoms with Crippen LogP contribution in [0.2, 0.25) is 0 Å². The van der Waals surface area contributed by atoms with Gasteiger partial charge in [-0.1, -0.05) is 12.1 Å². The van der Waals surface area contributed by atoms with Crippen molar-refractivity contribution in [2.45, 2.75) is 25.2 Å². The van der Waals surface area contributed by atoms with E-state index in [1.807, 2.05) is 0 Å². The topological polar surface area (TPSA) is 52.5 Å². The minimum Gasteiger partial charge on any atom is -0.395 e. The predicted octanol–water partition coefficient (Wildman–Crippen LogP) is 1.71. The number of nitrogens with one attached hydrogen (secondary N) is 1. The molecule has 6 heteroatoms. The molecule has 0 radical (unpaired) electrons. The largest absolute Gasteiger partial charge is 0.416 e. The SMILES string of the molecule is C[C@@H](CO)NCC(O)c1ccc(C(F)(F)F)cc1. The van der Waals surface area contributed by atoms with E-state index >= 15 is 0 Å². The molecule has 2 atom stereocenters. The number of hydrogen-bond acceptors (Lipinski definition) is 3. The van der Waals surface area contributed by atoms with Gasteiger partial charge in [0, 0.05) is 12.6 Å². The fourth-order valence-electron chi connectivity index (χ4n) is 1.39. The molecule has 0 amide bonds. The Balaban J connectivity index is 2.62. The Hall–Kier alpha value is -1.11. The first kappa shape index (κ1) is 14.9. The second-order valence-corrected chi connectivity index (χ2v) is 4.13. The van der Waals surface area contributed by atoms with Gasteiger partial charge in [-0.25, -0.2) is 0 Å². The van der Waals surface area contributed by atoms with E-state index in [2.05, 4.69) is 5.32 Å². The maximum absolute atomic E-state index is 12.3. The average molecular weight is 263 g/mol. The Morgan fingerprint density at radius 1 is 1.22 bits per heavy atom. The number of hydrogen-bond donors (Lipinski definition) is 3. The summed E-state index contributed by atoms with van der Waals surface area (Å²) in [5.74, 6) is 0. The summed E-state index contributed by atoms with van der Waals surface area (Å²) in [5.41, 5.74) is -0.337. The monoisotopic (exact) mass is 263 g/mol. The second kappa shape index (κ2) is 6.17. The molecule has 0 aliphatic rings. The summed E-state index contributed by atoms with van der Waals surface area (Å²) in [6, 6.07) is 4.20. The summed E-state index contributed by atoms with van der Waals surface area (Å²) in [5, 5.41) is 21.4. The Kier molecular flexibility index (Phi) is 5.13. The third kappa shape index (κ3) is 4.29. The van der Waals surface area contributed by atoms with Crippen molar-refractivity contribution in [1.82, 2.24) is 5.32 Å². The van der Waals surface area contributed by atoms with Gasteiger partial charge in [-0.2, -0.15) is 13.2 Å². The lowest BCUT2D eigenvalue weighted by atomic mass is 10.1. The predicted molar refractivity (Wildman–Crippen MR) is 61.0 cm³/mol. The van der Waals surface area contributed by atoms with Crippen LogP contribution < -0.4 is 5.32 Å². The zero-order valence-corrected chi connectivity index (χ0v) is 9.91. The summed E-state index contributed by atoms with van der Waals surface area (Å²) < 4.78 is 37.0. The molecule has 1 aromatic carbocycles. The van der Waals surface area contributed by atoms with Crippen LogP contribution in [-0.2, 0) is 6.18 Å². The zero-order chi connectivity index (χ0) is 13.8. The van der Waals surface area contributed by atoms with Crippen molar-refractivity contribution < 1.29 is 23.4 Å². The molecule has 3 nitrogen and oxygen atoms in total. The molecule has 0 aliphatic heterocycles. The minimum atomic E-state index is -4.37. The van der Waals surface area contributed by atoms with Gasteiger partial charge in [-0.05, 0) is 24.6 Å². The molecule has 0 fully saturated rings. The van der Waals surface area contributed by atoms with Crippen LogP contribution in [-0.4, -0.2) is 29.4 Å². The molecule has 3 N–H and O–H groups in total. The number of halogens is 3. The van der Waals surface area contributed by atoms with Crippen molar-refractivity contribution >= 4 is 0 Å². The van der Waals surface area contributed by atoms with Gasteiger partial charge >= 0.3 is 6.18 Å². The number of alkyl halides is 3. The van der Waals surface area contributed by atoms with Gasteiger partial charge in [0.2, 0.25) is 0 Å². The fraction of sp³-hybridized carbons (Fsp3) is 0.500. The second-order valence-electron chi connectivity index (χ2n) is 4.13. The molecule has 0 aliphatic carbocycles. The van der Waals surface area contributed by atoms with Crippen LogP contribution in [0.1, 0.15) is 24.2 Å². The van der Waals surface area contributed by atoms with Crippen molar-refractivity contribution in [2.75, 3.05) is 13.2 Å². The molecule has 0 heterocycles. The number of benzene rings is 1. The van der Waals surface area contributed by atoms with Crippen molar-refractivity contribution in [3.05, 3.63) is 35.4 Å². The van der Waals surface area contributed by atoms with Gasteiger partial charge < -0.3 is 15.5 Å². The Bertz CT molecular complexity index is 365. The van der Waals surface area contributed by atoms with E-state index in [0.717, 1.165) is 12.1 Å². The number of aliphatic hydroxyl groups is 2. The first-order valence-corrected chi connectivity index (χ1v) is 5.54. The van der Waals surface area contributed by atoms with E-state index in [9.17, 15) is 18.3 Å². The average Bonchev–Trinajstić information content (AvgIpc) is 2.34. The Morgan fingerprint density at radius 2 is 1.78 bits per heavy atom. The van der Waals surface area contributed by atoms with Crippen LogP contribution in [0.3, 0.4) is 0 Å². The molecule has 0 aromatic heterocycles. The van der Waals surface area contributed by atoms with Gasteiger partial charge in [0.05, 0.1) is 18.3 Å². The number of rotatable bonds is 5. The highest BCUT2D eigenvalue weighted by molar-refractivity contribution is 5.26. The molecule has 102 valence electrons. The van der Waals surface area contributed by atoms with Crippen molar-refractivity contribution in [2.24, 2.45) is 0 Å². The molecule has 0 saturated carbocycles. The molecular weight excluding hydrogens is 247 g/mol. The lowest BCUT2D eigenvalue weighted by Crippen LogP contribution is -2.32. The summed E-state index contributed by atoms with van der Waals surface area (Å²) in [7, 11) is 0. The lowest BCUT2D eigenvalue weighted by Gasteiger charge is -2.16. The molecule has 0 bridgehead atoms. The summed E-state index contributed by atoms with van der Waals surface area (Å²) in [4.78, 5) is 0. The highest BCUT2D eigenvalue weighted by Gasteiger charge is 2.30. The lowest BCUT2D eigenvalue weighted by molar-refractivity contribution is -0.137. The van der Waals surface area contributed by atoms with Gasteiger partial charge in [0.25, 0.3) is 0 Å². The quantitative estimate of drug-likeness (QED) is 0.758. The standard InChI is InChI=1S/C12H16F3NO2/c1-8(7-17)16-6-11(18)9-2-4-10(5-3-9)12(13,14)15/h2-5,8,11,16-18H,6-7H2,1H3/t8-,11?/m0/s1. The fourth-order valence-corrected chi connectivity index (χ4v) is 1.39. The van der Waals surface area contributed by atoms with E-state index in [1.165, 1.54) is 12.1 Å². The number of aliphatic hydroxyl groups excluding tert-OH is 2. The Morgan fingerprint density at radius 3 is 2.22 bits per heavy atom. The summed E-state index contributed by atoms with van der Waals surface area (Å²) in [6.07, 6.45) is -5.27. The molecular formula is C12H16F3NO2. The van der Waals surface area contributed by atoms with Crippen molar-refractivity contribution in [3.8, 4) is 0 Å². The van der Waals surface area contributed by atoms with E-state index < -0.39 is 17.8 Å². The maximum atomic E-state index is 12.3. The zero-order valence-electron chi connectivity index (χ0n) is 9.91. The smallest absolute Gasteiger partial charge is 0.395 e. The molecule has 1 aromatic rings. The first-order chi connectivity index (χ1) is 8.34. The van der Waals surface area contributed by atoms with Gasteiger partial charge in [0.1, 0.15) is 0 Å². The third-order valence-corrected chi connectivity index (χ3v) is 2.56. The van der Waals surface area contributed by atoms with Gasteiger partial charge in [-0.15, -0.1) is 0 Å². The molecule has 1 rings (SSSR count). The van der Waals surface area contributed by atoms with Gasteiger partial charge in [0.15, 0.2) is 0 Å². The van der Waals surface area contributed by atoms with Crippen LogP contribution in [0, 0.1) is 0 Å². The van der Waals surface area contributed by atoms with Crippen molar-refractivity contribution in [3.63, 3.8) is 0 Å². The highest BCUT2D eigenvalue weighted by Crippen LogP contribution is 2.29. The summed E-state index contributed by atoms with van der Waals surface area (Å²) in [6.45, 7) is 1.84. The maximum Gasteiger partial charge on any atom is 0.416 e. The third-order valence-electron chi connectivity index (χ3n) is 2.56. The van der Waals surface area contributed by atoms with E-state index in [0.29, 0.717) is 5.56 Å². The van der Waals surface area contributed by atoms with Gasteiger partial charge in [-0.3, -0.25) is 0 Å². The van der Waals surface area contributed by atoms with Crippen LogP contribution >= 0.6 is 0 Å². The van der Waals surface area contributed by atoms with Crippen LogP contribution in [0.4, 0.5) is 13.2 Å². The normalized spacial score (nSPS) is 15.4. The molecule has 0 spiro atoms. The first-order valence-electron chi connectivity index (χ1n) is 5.54. The van der Waals surface area contributed by atoms with Crippen molar-refractivity contribution in [1.29, 1.82) is 0 Å². The van der Waals surface area contributed by atoms with Crippen LogP contribution in [0.15, 0.2) is 24.3 Å². The molecule has 18 heavy (non-hydrogen) atoms.